The SMILES string of the molecule is CC1(F)CN[C@H](C(=O)CCc2cc(-c3ccc(OC(F)(F)F)cc3)ncn2)C1. The Morgan fingerprint density at radius 2 is 2.00 bits per heavy atom. The molecule has 0 saturated carbocycles. The van der Waals surface area contributed by atoms with Gasteiger partial charge >= 0.3 is 6.36 Å². The minimum absolute atomic E-state index is 0.0739. The van der Waals surface area contributed by atoms with Crippen LogP contribution in [0.25, 0.3) is 11.3 Å². The summed E-state index contributed by atoms with van der Waals surface area (Å²) in [5, 5.41) is 2.89. The Morgan fingerprint density at radius 1 is 1.29 bits per heavy atom. The highest BCUT2D eigenvalue weighted by Gasteiger charge is 2.37. The smallest absolute Gasteiger partial charge is 0.406 e. The van der Waals surface area contributed by atoms with Crippen LogP contribution < -0.4 is 10.1 Å². The third-order valence-electron chi connectivity index (χ3n) is 4.47. The number of alkyl halides is 4. The van der Waals surface area contributed by atoms with Gasteiger partial charge in [0.1, 0.15) is 23.5 Å². The number of ketones is 1. The van der Waals surface area contributed by atoms with Gasteiger partial charge < -0.3 is 10.1 Å². The third kappa shape index (κ3) is 5.48. The number of hydrogen-bond donors (Lipinski definition) is 1. The number of carbonyl (C=O) groups is 1. The number of Topliss-reactive ketones (excluding diaryl/α,β-unsaturated/α-hetero) is 1. The molecule has 1 N–H and O–H groups in total. The molecule has 2 aromatic rings. The summed E-state index contributed by atoms with van der Waals surface area (Å²) in [6.07, 6.45) is -2.67. The van der Waals surface area contributed by atoms with Crippen LogP contribution in [-0.4, -0.2) is 40.4 Å². The zero-order chi connectivity index (χ0) is 20.4. The van der Waals surface area contributed by atoms with E-state index in [1.807, 2.05) is 0 Å². The van der Waals surface area contributed by atoms with E-state index in [2.05, 4.69) is 20.0 Å². The van der Waals surface area contributed by atoms with E-state index in [0.717, 1.165) is 0 Å². The van der Waals surface area contributed by atoms with Gasteiger partial charge in [-0.05, 0) is 43.7 Å². The number of halogens is 4. The Bertz CT molecular complexity index is 838. The second-order valence-electron chi connectivity index (χ2n) is 6.98. The van der Waals surface area contributed by atoms with Crippen LogP contribution >= 0.6 is 0 Å². The van der Waals surface area contributed by atoms with Crippen LogP contribution in [0.1, 0.15) is 25.5 Å². The molecule has 0 aliphatic carbocycles. The molecule has 1 aromatic carbocycles. The van der Waals surface area contributed by atoms with E-state index in [4.69, 9.17) is 0 Å². The Labute approximate surface area is 159 Å². The molecule has 2 heterocycles. The quantitative estimate of drug-likeness (QED) is 0.754. The van der Waals surface area contributed by atoms with E-state index in [9.17, 15) is 22.4 Å². The second kappa shape index (κ2) is 7.83. The first-order valence-corrected chi connectivity index (χ1v) is 8.73. The number of benzene rings is 1. The van der Waals surface area contributed by atoms with Crippen molar-refractivity contribution in [2.75, 3.05) is 6.54 Å². The van der Waals surface area contributed by atoms with Crippen molar-refractivity contribution in [3.8, 4) is 17.0 Å². The minimum atomic E-state index is -4.75. The molecule has 150 valence electrons. The second-order valence-corrected chi connectivity index (χ2v) is 6.98. The molecule has 1 fully saturated rings. The standard InChI is InChI=1S/C19H19F4N3O2/c1-18(20)9-16(24-10-18)17(27)7-4-13-8-15(26-11-25-13)12-2-5-14(6-3-12)28-19(21,22)23/h2-3,5-6,8,11,16,24H,4,7,9-10H2,1H3/t16-,18?/m0/s1. The molecule has 0 radical (unpaired) electrons. The Balaban J connectivity index is 1.62. The van der Waals surface area contributed by atoms with Crippen molar-refractivity contribution in [1.82, 2.24) is 15.3 Å². The fourth-order valence-electron chi connectivity index (χ4n) is 3.08. The van der Waals surface area contributed by atoms with E-state index >= 15 is 0 Å². The lowest BCUT2D eigenvalue weighted by molar-refractivity contribution is -0.274. The number of aryl methyl sites for hydroxylation is 1. The van der Waals surface area contributed by atoms with Crippen molar-refractivity contribution in [3.05, 3.63) is 42.4 Å². The van der Waals surface area contributed by atoms with Crippen LogP contribution in [0.5, 0.6) is 5.75 Å². The Hall–Kier alpha value is -2.55. The number of nitrogens with one attached hydrogen (secondary N) is 1. The first-order valence-electron chi connectivity index (χ1n) is 8.73. The topological polar surface area (TPSA) is 64.1 Å². The van der Waals surface area contributed by atoms with Crippen LogP contribution in [0, 0.1) is 0 Å². The number of rotatable bonds is 6. The monoisotopic (exact) mass is 397 g/mol. The lowest BCUT2D eigenvalue weighted by Gasteiger charge is -2.11. The van der Waals surface area contributed by atoms with Gasteiger partial charge in [-0.3, -0.25) is 4.79 Å². The molecule has 2 atom stereocenters. The molecule has 0 amide bonds. The number of hydrogen-bond acceptors (Lipinski definition) is 5. The fraction of sp³-hybridized carbons (Fsp3) is 0.421. The van der Waals surface area contributed by atoms with Crippen LogP contribution in [0.4, 0.5) is 17.6 Å². The average molecular weight is 397 g/mol. The molecule has 3 rings (SSSR count). The van der Waals surface area contributed by atoms with Gasteiger partial charge in [0.05, 0.1) is 11.7 Å². The minimum Gasteiger partial charge on any atom is -0.406 e. The molecule has 1 saturated heterocycles. The van der Waals surface area contributed by atoms with Gasteiger partial charge in [-0.25, -0.2) is 14.4 Å². The summed E-state index contributed by atoms with van der Waals surface area (Å²) in [7, 11) is 0. The molecule has 0 spiro atoms. The van der Waals surface area contributed by atoms with Gasteiger partial charge in [-0.15, -0.1) is 13.2 Å². The van der Waals surface area contributed by atoms with Crippen LogP contribution in [-0.2, 0) is 11.2 Å². The first-order chi connectivity index (χ1) is 13.1. The summed E-state index contributed by atoms with van der Waals surface area (Å²) >= 11 is 0. The predicted molar refractivity (Wildman–Crippen MR) is 93.4 cm³/mol. The van der Waals surface area contributed by atoms with Crippen LogP contribution in [0.15, 0.2) is 36.7 Å². The highest BCUT2D eigenvalue weighted by atomic mass is 19.4. The normalized spacial score (nSPS) is 22.2. The maximum Gasteiger partial charge on any atom is 0.573 e. The van der Waals surface area contributed by atoms with E-state index in [-0.39, 0.29) is 30.9 Å². The fourth-order valence-corrected chi connectivity index (χ4v) is 3.08. The highest BCUT2D eigenvalue weighted by Crippen LogP contribution is 2.26. The van der Waals surface area contributed by atoms with E-state index in [0.29, 0.717) is 23.4 Å². The van der Waals surface area contributed by atoms with Gasteiger partial charge in [0, 0.05) is 30.6 Å². The number of carbonyl (C=O) groups excluding carboxylic acids is 1. The summed E-state index contributed by atoms with van der Waals surface area (Å²) in [6.45, 7) is 1.63. The molecule has 28 heavy (non-hydrogen) atoms. The molecule has 1 aliphatic rings. The van der Waals surface area contributed by atoms with Gasteiger partial charge in [-0.2, -0.15) is 0 Å². The highest BCUT2D eigenvalue weighted by molar-refractivity contribution is 5.84. The van der Waals surface area contributed by atoms with Gasteiger partial charge in [0.25, 0.3) is 0 Å². The lowest BCUT2D eigenvalue weighted by Crippen LogP contribution is -2.30. The molecule has 1 aromatic heterocycles. The number of ether oxygens (including phenoxy) is 1. The predicted octanol–water partition coefficient (Wildman–Crippen LogP) is 3.63. The zero-order valence-corrected chi connectivity index (χ0v) is 15.1. The molecule has 0 bridgehead atoms. The molecular formula is C19H19F4N3O2. The van der Waals surface area contributed by atoms with Gasteiger partial charge in [0.2, 0.25) is 0 Å². The Kier molecular flexibility index (Phi) is 5.64. The van der Waals surface area contributed by atoms with Crippen molar-refractivity contribution in [1.29, 1.82) is 0 Å². The summed E-state index contributed by atoms with van der Waals surface area (Å²) in [5.41, 5.74) is 0.362. The Morgan fingerprint density at radius 3 is 2.61 bits per heavy atom. The van der Waals surface area contributed by atoms with Crippen molar-refractivity contribution in [2.45, 2.75) is 44.3 Å². The van der Waals surface area contributed by atoms with E-state index in [1.54, 1.807) is 6.07 Å². The van der Waals surface area contributed by atoms with Crippen molar-refractivity contribution < 1.29 is 27.1 Å². The molecule has 9 heteroatoms. The maximum absolute atomic E-state index is 13.8. The average Bonchev–Trinajstić information content (AvgIpc) is 2.99. The first kappa shape index (κ1) is 20.2. The maximum atomic E-state index is 13.8. The summed E-state index contributed by atoms with van der Waals surface area (Å²) < 4.78 is 54.4. The largest absolute Gasteiger partial charge is 0.573 e. The molecular weight excluding hydrogens is 378 g/mol. The molecule has 5 nitrogen and oxygen atoms in total. The van der Waals surface area contributed by atoms with Crippen molar-refractivity contribution >= 4 is 5.78 Å². The van der Waals surface area contributed by atoms with E-state index < -0.39 is 18.1 Å². The molecule has 1 aliphatic heterocycles. The molecule has 1 unspecified atom stereocenters. The van der Waals surface area contributed by atoms with Crippen LogP contribution in [0.3, 0.4) is 0 Å². The van der Waals surface area contributed by atoms with Crippen LogP contribution in [0.2, 0.25) is 0 Å². The summed E-state index contributed by atoms with van der Waals surface area (Å²) in [6, 6.07) is 6.51. The van der Waals surface area contributed by atoms with Crippen molar-refractivity contribution in [3.63, 3.8) is 0 Å². The zero-order valence-electron chi connectivity index (χ0n) is 15.1. The van der Waals surface area contributed by atoms with Crippen molar-refractivity contribution in [2.24, 2.45) is 0 Å². The van der Waals surface area contributed by atoms with Gasteiger partial charge in [0.15, 0.2) is 0 Å². The van der Waals surface area contributed by atoms with E-state index in [1.165, 1.54) is 37.5 Å². The number of aromatic nitrogens is 2. The lowest BCUT2D eigenvalue weighted by atomic mass is 9.99. The van der Waals surface area contributed by atoms with Gasteiger partial charge in [-0.1, -0.05) is 0 Å². The number of nitrogens with zero attached hydrogens (tertiary/aromatic N) is 2. The third-order valence-corrected chi connectivity index (χ3v) is 4.47. The summed E-state index contributed by atoms with van der Waals surface area (Å²) in [4.78, 5) is 20.5. The summed E-state index contributed by atoms with van der Waals surface area (Å²) in [5.74, 6) is -0.393.